The highest BCUT2D eigenvalue weighted by Crippen LogP contribution is 2.58. The second-order valence-corrected chi connectivity index (χ2v) is 24.0. The van der Waals surface area contributed by atoms with Crippen LogP contribution in [0.4, 0.5) is 0 Å². The largest absolute Gasteiger partial charge is 0.160 e. The van der Waals surface area contributed by atoms with Crippen LogP contribution in [0.2, 0.25) is 0 Å². The summed E-state index contributed by atoms with van der Waals surface area (Å²) in [5.74, 6) is 0. The van der Waals surface area contributed by atoms with Crippen LogP contribution in [0.3, 0.4) is 0 Å². The normalized spacial score (nSPS) is 13.8. The third-order valence-corrected chi connectivity index (χ3v) is 5.93. The number of hydrogen-bond donors (Lipinski definition) is 0. The summed E-state index contributed by atoms with van der Waals surface area (Å²) in [6, 6.07) is 4.18. The quantitative estimate of drug-likeness (QED) is 0.229. The summed E-state index contributed by atoms with van der Waals surface area (Å²) in [7, 11) is 0. The lowest BCUT2D eigenvalue weighted by Crippen LogP contribution is -2.17. The van der Waals surface area contributed by atoms with E-state index in [9.17, 15) is 0 Å². The van der Waals surface area contributed by atoms with Crippen molar-refractivity contribution < 1.29 is 0 Å². The van der Waals surface area contributed by atoms with Crippen molar-refractivity contribution >= 4 is 143 Å². The van der Waals surface area contributed by atoms with E-state index in [1.54, 1.807) is 0 Å². The maximum absolute atomic E-state index is 3.61. The minimum Gasteiger partial charge on any atom is -0.0546 e. The molecule has 0 unspecified atom stereocenters. The third kappa shape index (κ3) is 5.84. The summed E-state index contributed by atoms with van der Waals surface area (Å²) in [5, 5.41) is 0. The van der Waals surface area contributed by atoms with E-state index >= 15 is 0 Å². The molecule has 0 saturated heterocycles. The highest BCUT2D eigenvalue weighted by Gasteiger charge is 2.39. The molecule has 0 bridgehead atoms. The minimum atomic E-state index is -0.563. The highest BCUT2D eigenvalue weighted by molar-refractivity contribution is 9.39. The molecule has 0 amide bonds. The Morgan fingerprint density at radius 3 is 1.16 bits per heavy atom. The molecular formula is C10H5Br9. The molecule has 1 rings (SSSR count). The van der Waals surface area contributed by atoms with Gasteiger partial charge in [0, 0.05) is 5.56 Å². The molecule has 0 N–H and O–H groups in total. The first-order valence-corrected chi connectivity index (χ1v) is 11.7. The molecule has 0 heterocycles. The topological polar surface area (TPSA) is 0 Å². The van der Waals surface area contributed by atoms with Crippen LogP contribution >= 0.6 is 143 Å². The monoisotopic (exact) mass is 835 g/mol. The smallest absolute Gasteiger partial charge is 0.0546 e. The maximum Gasteiger partial charge on any atom is 0.160 e. The average Bonchev–Trinajstić information content (AvgIpc) is 2.11. The molecule has 0 aliphatic rings. The first-order valence-electron chi connectivity index (χ1n) is 4.61. The molecular weight excluding hydrogens is 839 g/mol. The molecule has 1 aromatic rings. The number of aryl methyl sites for hydroxylation is 1. The number of rotatable bonds is 0. The standard InChI is InChI=1S/C10H5Br9/c1-4-2-5(8(11,12)13)7(10(17,18)19)6(3-4)9(14,15)16/h2-3H,1H3. The van der Waals surface area contributed by atoms with Gasteiger partial charge in [0.2, 0.25) is 0 Å². The van der Waals surface area contributed by atoms with Crippen molar-refractivity contribution in [3.8, 4) is 0 Å². The van der Waals surface area contributed by atoms with Crippen molar-refractivity contribution in [3.63, 3.8) is 0 Å². The summed E-state index contributed by atoms with van der Waals surface area (Å²) in [4.78, 5) is 0. The lowest BCUT2D eigenvalue weighted by Gasteiger charge is -2.29. The molecule has 0 spiro atoms. The number of benzene rings is 1. The molecule has 108 valence electrons. The third-order valence-electron chi connectivity index (χ3n) is 2.18. The molecule has 0 aliphatic heterocycles. The van der Waals surface area contributed by atoms with Gasteiger partial charge in [-0.2, -0.15) is 0 Å². The zero-order valence-electron chi connectivity index (χ0n) is 9.06. The second-order valence-electron chi connectivity index (χ2n) is 3.73. The Kier molecular flexibility index (Phi) is 7.79. The van der Waals surface area contributed by atoms with Gasteiger partial charge in [0.1, 0.15) is 0 Å². The summed E-state index contributed by atoms with van der Waals surface area (Å²) >= 11 is 32.4. The number of hydrogen-bond acceptors (Lipinski definition) is 0. The molecule has 1 aromatic carbocycles. The Balaban J connectivity index is 3.80. The molecule has 19 heavy (non-hydrogen) atoms. The van der Waals surface area contributed by atoms with E-state index in [1.807, 2.05) is 6.92 Å². The van der Waals surface area contributed by atoms with Crippen LogP contribution in [0.1, 0.15) is 22.3 Å². The average molecular weight is 844 g/mol. The van der Waals surface area contributed by atoms with Gasteiger partial charge in [0.05, 0.1) is 0 Å². The zero-order valence-corrected chi connectivity index (χ0v) is 23.3. The lowest BCUT2D eigenvalue weighted by molar-refractivity contribution is 1.14. The fraction of sp³-hybridized carbons (Fsp3) is 0.400. The van der Waals surface area contributed by atoms with Gasteiger partial charge in [-0.05, 0) is 18.1 Å². The van der Waals surface area contributed by atoms with E-state index in [0.29, 0.717) is 0 Å². The Bertz CT molecular complexity index is 440. The Hall–Kier alpha value is 3.54. The van der Waals surface area contributed by atoms with Gasteiger partial charge in [0.25, 0.3) is 0 Å². The number of alkyl halides is 9. The highest BCUT2D eigenvalue weighted by atomic mass is 80.0. The van der Waals surface area contributed by atoms with Crippen LogP contribution in [0.5, 0.6) is 0 Å². The first kappa shape index (κ1) is 20.6. The Morgan fingerprint density at radius 1 is 0.632 bits per heavy atom. The Morgan fingerprint density at radius 2 is 0.947 bits per heavy atom. The molecule has 0 atom stereocenters. The van der Waals surface area contributed by atoms with Crippen molar-refractivity contribution in [1.29, 1.82) is 0 Å². The summed E-state index contributed by atoms with van der Waals surface area (Å²) < 4.78 is -1.61. The lowest BCUT2D eigenvalue weighted by atomic mass is 10.0. The molecule has 0 radical (unpaired) electrons. The van der Waals surface area contributed by atoms with Gasteiger partial charge in [-0.1, -0.05) is 161 Å². The summed E-state index contributed by atoms with van der Waals surface area (Å²) in [6.07, 6.45) is 0. The fourth-order valence-corrected chi connectivity index (χ4v) is 4.70. The second kappa shape index (κ2) is 7.19. The Labute approximate surface area is 188 Å². The minimum absolute atomic E-state index is 0.526. The van der Waals surface area contributed by atoms with E-state index in [-0.39, 0.29) is 0 Å². The first-order chi connectivity index (χ1) is 8.24. The SMILES string of the molecule is Cc1cc(C(Br)(Br)Br)c(C(Br)(Br)Br)c(C(Br)(Br)Br)c1. The van der Waals surface area contributed by atoms with Crippen molar-refractivity contribution in [2.24, 2.45) is 0 Å². The van der Waals surface area contributed by atoms with Crippen LogP contribution < -0.4 is 0 Å². The summed E-state index contributed by atoms with van der Waals surface area (Å²) in [6.45, 7) is 2.05. The molecule has 0 saturated carbocycles. The molecule has 0 fully saturated rings. The fourth-order valence-electron chi connectivity index (χ4n) is 1.54. The molecule has 9 heteroatoms. The predicted molar refractivity (Wildman–Crippen MR) is 117 cm³/mol. The van der Waals surface area contributed by atoms with Crippen LogP contribution in [-0.4, -0.2) is 0 Å². The number of halogens is 9. The van der Waals surface area contributed by atoms with E-state index in [1.165, 1.54) is 0 Å². The van der Waals surface area contributed by atoms with Gasteiger partial charge < -0.3 is 0 Å². The van der Waals surface area contributed by atoms with Crippen LogP contribution in [0.15, 0.2) is 12.1 Å². The van der Waals surface area contributed by atoms with E-state index in [0.717, 1.165) is 22.3 Å². The van der Waals surface area contributed by atoms with Crippen molar-refractivity contribution in [2.45, 2.75) is 13.4 Å². The van der Waals surface area contributed by atoms with Gasteiger partial charge in [0.15, 0.2) is 6.43 Å². The zero-order chi connectivity index (χ0) is 15.2. The summed E-state index contributed by atoms with van der Waals surface area (Å²) in [5.41, 5.74) is 4.19. The van der Waals surface area contributed by atoms with Crippen LogP contribution in [0.25, 0.3) is 0 Å². The van der Waals surface area contributed by atoms with E-state index in [4.69, 9.17) is 0 Å². The van der Waals surface area contributed by atoms with Gasteiger partial charge in [-0.25, -0.2) is 0 Å². The van der Waals surface area contributed by atoms with Crippen LogP contribution in [0, 0.1) is 6.92 Å². The van der Waals surface area contributed by atoms with Gasteiger partial charge >= 0.3 is 0 Å². The van der Waals surface area contributed by atoms with E-state index in [2.05, 4.69) is 156 Å². The van der Waals surface area contributed by atoms with Gasteiger partial charge in [-0.3, -0.25) is 0 Å². The van der Waals surface area contributed by atoms with Gasteiger partial charge in [-0.15, -0.1) is 0 Å². The molecule has 0 aliphatic carbocycles. The van der Waals surface area contributed by atoms with E-state index < -0.39 is 6.43 Å². The molecule has 0 nitrogen and oxygen atoms in total. The predicted octanol–water partition coefficient (Wildman–Crippen LogP) is 8.88. The van der Waals surface area contributed by atoms with Crippen molar-refractivity contribution in [2.75, 3.05) is 0 Å². The maximum atomic E-state index is 3.61. The molecule has 0 aromatic heterocycles. The van der Waals surface area contributed by atoms with Crippen molar-refractivity contribution in [1.82, 2.24) is 0 Å². The van der Waals surface area contributed by atoms with Crippen LogP contribution in [-0.2, 0) is 6.43 Å². The van der Waals surface area contributed by atoms with Crippen molar-refractivity contribution in [3.05, 3.63) is 34.4 Å².